The van der Waals surface area contributed by atoms with Crippen molar-refractivity contribution in [2.45, 2.75) is 26.2 Å². The Balaban J connectivity index is 2.89. The maximum absolute atomic E-state index is 8.43. The van der Waals surface area contributed by atoms with Crippen molar-refractivity contribution < 1.29 is 9.84 Å². The van der Waals surface area contributed by atoms with Crippen LogP contribution < -0.4 is 0 Å². The van der Waals surface area contributed by atoms with E-state index in [1.807, 2.05) is 13.0 Å². The zero-order valence-electron chi connectivity index (χ0n) is 7.25. The summed E-state index contributed by atoms with van der Waals surface area (Å²) in [5.74, 6) is 0. The van der Waals surface area contributed by atoms with Crippen LogP contribution in [0, 0.1) is 0 Å². The third-order valence-corrected chi connectivity index (χ3v) is 1.33. The highest BCUT2D eigenvalue weighted by Gasteiger charge is 1.82. The quantitative estimate of drug-likeness (QED) is 0.452. The number of hydrogen-bond acceptors (Lipinski definition) is 2. The summed E-state index contributed by atoms with van der Waals surface area (Å²) < 4.78 is 5.16. The van der Waals surface area contributed by atoms with Gasteiger partial charge < -0.3 is 9.84 Å². The van der Waals surface area contributed by atoms with Gasteiger partial charge in [-0.05, 0) is 26.2 Å². The first kappa shape index (κ1) is 10.7. The molecule has 0 heterocycles. The SMILES string of the molecule is CCOCCCC=CCCO. The number of allylic oxidation sites excluding steroid dienone is 1. The van der Waals surface area contributed by atoms with Gasteiger partial charge in [-0.15, -0.1) is 0 Å². The smallest absolute Gasteiger partial charge is 0.0468 e. The molecule has 0 aliphatic heterocycles. The number of hydrogen-bond donors (Lipinski definition) is 1. The van der Waals surface area contributed by atoms with Gasteiger partial charge in [0.15, 0.2) is 0 Å². The second kappa shape index (κ2) is 9.66. The minimum absolute atomic E-state index is 0.252. The van der Waals surface area contributed by atoms with Gasteiger partial charge in [0.05, 0.1) is 0 Å². The van der Waals surface area contributed by atoms with Crippen molar-refractivity contribution in [1.82, 2.24) is 0 Å². The lowest BCUT2D eigenvalue weighted by atomic mass is 10.3. The molecule has 0 aliphatic carbocycles. The van der Waals surface area contributed by atoms with E-state index in [-0.39, 0.29) is 6.61 Å². The van der Waals surface area contributed by atoms with Crippen molar-refractivity contribution in [2.75, 3.05) is 19.8 Å². The molecule has 0 radical (unpaired) electrons. The van der Waals surface area contributed by atoms with Crippen LogP contribution in [0.1, 0.15) is 26.2 Å². The minimum atomic E-state index is 0.252. The Hall–Kier alpha value is -0.340. The fraction of sp³-hybridized carbons (Fsp3) is 0.778. The zero-order valence-corrected chi connectivity index (χ0v) is 7.25. The Kier molecular flexibility index (Phi) is 9.36. The maximum atomic E-state index is 8.43. The Labute approximate surface area is 68.9 Å². The van der Waals surface area contributed by atoms with Gasteiger partial charge in [-0.2, -0.15) is 0 Å². The highest BCUT2D eigenvalue weighted by atomic mass is 16.5. The summed E-state index contributed by atoms with van der Waals surface area (Å²) in [6, 6.07) is 0. The van der Waals surface area contributed by atoms with E-state index in [9.17, 15) is 0 Å². The predicted molar refractivity (Wildman–Crippen MR) is 46.6 cm³/mol. The Morgan fingerprint density at radius 3 is 2.64 bits per heavy atom. The van der Waals surface area contributed by atoms with Crippen LogP contribution in [0.4, 0.5) is 0 Å². The molecule has 0 atom stereocenters. The van der Waals surface area contributed by atoms with Crippen molar-refractivity contribution in [3.63, 3.8) is 0 Å². The molecule has 11 heavy (non-hydrogen) atoms. The van der Waals surface area contributed by atoms with Crippen molar-refractivity contribution in [1.29, 1.82) is 0 Å². The lowest BCUT2D eigenvalue weighted by Crippen LogP contribution is -1.91. The maximum Gasteiger partial charge on any atom is 0.0468 e. The largest absolute Gasteiger partial charge is 0.396 e. The van der Waals surface area contributed by atoms with E-state index in [1.54, 1.807) is 0 Å². The second-order valence-electron chi connectivity index (χ2n) is 2.32. The fourth-order valence-electron chi connectivity index (χ4n) is 0.758. The van der Waals surface area contributed by atoms with E-state index >= 15 is 0 Å². The molecule has 0 aromatic heterocycles. The van der Waals surface area contributed by atoms with Crippen LogP contribution in [0.2, 0.25) is 0 Å². The number of rotatable bonds is 7. The lowest BCUT2D eigenvalue weighted by Gasteiger charge is -1.96. The summed E-state index contributed by atoms with van der Waals surface area (Å²) in [4.78, 5) is 0. The molecule has 0 saturated heterocycles. The summed E-state index contributed by atoms with van der Waals surface area (Å²) in [5, 5.41) is 8.43. The first-order valence-corrected chi connectivity index (χ1v) is 4.25. The molecule has 0 spiro atoms. The summed E-state index contributed by atoms with van der Waals surface area (Å²) in [6.45, 7) is 3.91. The first-order valence-electron chi connectivity index (χ1n) is 4.25. The van der Waals surface area contributed by atoms with Crippen LogP contribution in [0.5, 0.6) is 0 Å². The van der Waals surface area contributed by atoms with E-state index in [0.717, 1.165) is 32.5 Å². The molecular formula is C9H18O2. The van der Waals surface area contributed by atoms with Crippen LogP contribution in [0.15, 0.2) is 12.2 Å². The summed E-state index contributed by atoms with van der Waals surface area (Å²) >= 11 is 0. The summed E-state index contributed by atoms with van der Waals surface area (Å²) in [6.07, 6.45) is 7.01. The van der Waals surface area contributed by atoms with E-state index in [2.05, 4.69) is 6.08 Å². The Morgan fingerprint density at radius 2 is 2.00 bits per heavy atom. The van der Waals surface area contributed by atoms with E-state index in [1.165, 1.54) is 0 Å². The second-order valence-corrected chi connectivity index (χ2v) is 2.32. The standard InChI is InChI=1S/C9H18O2/c1-2-11-9-7-5-3-4-6-8-10/h3-4,10H,2,5-9H2,1H3. The molecular weight excluding hydrogens is 140 g/mol. The van der Waals surface area contributed by atoms with E-state index in [0.29, 0.717) is 0 Å². The third-order valence-electron chi connectivity index (χ3n) is 1.33. The van der Waals surface area contributed by atoms with Crippen LogP contribution in [-0.4, -0.2) is 24.9 Å². The highest BCUT2D eigenvalue weighted by Crippen LogP contribution is 1.92. The number of unbranched alkanes of at least 4 members (excludes halogenated alkanes) is 1. The summed E-state index contributed by atoms with van der Waals surface area (Å²) in [5.41, 5.74) is 0. The van der Waals surface area contributed by atoms with Gasteiger partial charge in [-0.3, -0.25) is 0 Å². The molecule has 0 saturated carbocycles. The molecule has 66 valence electrons. The van der Waals surface area contributed by atoms with Gasteiger partial charge in [-0.1, -0.05) is 12.2 Å². The van der Waals surface area contributed by atoms with Crippen molar-refractivity contribution in [2.24, 2.45) is 0 Å². The van der Waals surface area contributed by atoms with Crippen LogP contribution in [0.3, 0.4) is 0 Å². The predicted octanol–water partition coefficient (Wildman–Crippen LogP) is 1.74. The molecule has 0 rings (SSSR count). The molecule has 0 amide bonds. The van der Waals surface area contributed by atoms with E-state index < -0.39 is 0 Å². The molecule has 0 unspecified atom stereocenters. The monoisotopic (exact) mass is 158 g/mol. The third kappa shape index (κ3) is 9.66. The summed E-state index contributed by atoms with van der Waals surface area (Å²) in [7, 11) is 0. The van der Waals surface area contributed by atoms with Gasteiger partial charge in [0.25, 0.3) is 0 Å². The van der Waals surface area contributed by atoms with Gasteiger partial charge in [0.1, 0.15) is 0 Å². The average Bonchev–Trinajstić information content (AvgIpc) is 2.03. The van der Waals surface area contributed by atoms with Crippen LogP contribution in [-0.2, 0) is 4.74 Å². The van der Waals surface area contributed by atoms with Crippen molar-refractivity contribution in [3.8, 4) is 0 Å². The van der Waals surface area contributed by atoms with Gasteiger partial charge in [0.2, 0.25) is 0 Å². The van der Waals surface area contributed by atoms with E-state index in [4.69, 9.17) is 9.84 Å². The molecule has 0 bridgehead atoms. The molecule has 1 N–H and O–H groups in total. The number of aliphatic hydroxyl groups excluding tert-OH is 1. The Morgan fingerprint density at radius 1 is 1.27 bits per heavy atom. The van der Waals surface area contributed by atoms with Gasteiger partial charge in [-0.25, -0.2) is 0 Å². The van der Waals surface area contributed by atoms with Crippen LogP contribution in [0.25, 0.3) is 0 Å². The number of aliphatic hydroxyl groups is 1. The zero-order chi connectivity index (χ0) is 8.36. The first-order chi connectivity index (χ1) is 5.41. The lowest BCUT2D eigenvalue weighted by molar-refractivity contribution is 0.145. The topological polar surface area (TPSA) is 29.5 Å². The normalized spacial score (nSPS) is 11.1. The average molecular weight is 158 g/mol. The number of ether oxygens (including phenoxy) is 1. The minimum Gasteiger partial charge on any atom is -0.396 e. The van der Waals surface area contributed by atoms with Crippen molar-refractivity contribution in [3.05, 3.63) is 12.2 Å². The molecule has 2 heteroatoms. The highest BCUT2D eigenvalue weighted by molar-refractivity contribution is 4.80. The Bertz CT molecular complexity index is 89.6. The molecule has 0 aromatic rings. The van der Waals surface area contributed by atoms with Crippen molar-refractivity contribution >= 4 is 0 Å². The molecule has 2 nitrogen and oxygen atoms in total. The van der Waals surface area contributed by atoms with Gasteiger partial charge in [0, 0.05) is 19.8 Å². The molecule has 0 fully saturated rings. The van der Waals surface area contributed by atoms with Crippen LogP contribution >= 0.6 is 0 Å². The fourth-order valence-corrected chi connectivity index (χ4v) is 0.758. The molecule has 0 aromatic carbocycles. The molecule has 0 aliphatic rings. The van der Waals surface area contributed by atoms with Gasteiger partial charge >= 0.3 is 0 Å².